The van der Waals surface area contributed by atoms with Crippen molar-refractivity contribution in [2.24, 2.45) is 5.92 Å². The van der Waals surface area contributed by atoms with Gasteiger partial charge in [0.15, 0.2) is 11.5 Å². The summed E-state index contributed by atoms with van der Waals surface area (Å²) in [5.41, 5.74) is -1.86. The molecule has 8 nitrogen and oxygen atoms in total. The van der Waals surface area contributed by atoms with E-state index in [-0.39, 0.29) is 30.3 Å². The van der Waals surface area contributed by atoms with Gasteiger partial charge in [0.25, 0.3) is 0 Å². The maximum absolute atomic E-state index is 13.2. The van der Waals surface area contributed by atoms with Crippen molar-refractivity contribution < 1.29 is 46.2 Å². The van der Waals surface area contributed by atoms with Crippen molar-refractivity contribution >= 4 is 23.7 Å². The molecule has 0 radical (unpaired) electrons. The second-order valence-corrected chi connectivity index (χ2v) is 8.93. The Balaban J connectivity index is 1.97. The Hall–Kier alpha value is -3.76. The van der Waals surface area contributed by atoms with Crippen LogP contribution in [0.3, 0.4) is 0 Å². The summed E-state index contributed by atoms with van der Waals surface area (Å²) in [6, 6.07) is 5.97. The first-order valence-electron chi connectivity index (χ1n) is 11.1. The third-order valence-electron chi connectivity index (χ3n) is 5.00. The zero-order chi connectivity index (χ0) is 26.7. The number of ether oxygens (including phenoxy) is 3. The van der Waals surface area contributed by atoms with E-state index in [4.69, 9.17) is 18.6 Å². The van der Waals surface area contributed by atoms with Gasteiger partial charge < -0.3 is 18.6 Å². The minimum Gasteiger partial charge on any atom is -0.464 e. The molecule has 1 aromatic heterocycles. The Bertz CT molecular complexity index is 1130. The zero-order valence-corrected chi connectivity index (χ0v) is 20.1. The Morgan fingerprint density at radius 3 is 2.47 bits per heavy atom. The predicted octanol–water partition coefficient (Wildman–Crippen LogP) is 5.43. The van der Waals surface area contributed by atoms with Gasteiger partial charge in [-0.25, -0.2) is 14.5 Å². The summed E-state index contributed by atoms with van der Waals surface area (Å²) in [5, 5.41) is 0. The van der Waals surface area contributed by atoms with Crippen molar-refractivity contribution in [1.29, 1.82) is 0 Å². The quantitative estimate of drug-likeness (QED) is 0.378. The second kappa shape index (κ2) is 10.5. The lowest BCUT2D eigenvalue weighted by Gasteiger charge is -2.26. The molecule has 2 amide bonds. The normalized spacial score (nSPS) is 18.8. The first kappa shape index (κ1) is 26.8. The number of hydrogen-bond acceptors (Lipinski definition) is 7. The number of rotatable bonds is 6. The van der Waals surface area contributed by atoms with Crippen LogP contribution in [0, 0.1) is 5.92 Å². The van der Waals surface area contributed by atoms with Crippen molar-refractivity contribution in [3.63, 3.8) is 0 Å². The number of likely N-dealkylation sites (tertiary alicyclic amines) is 1. The third kappa shape index (κ3) is 6.46. The minimum absolute atomic E-state index is 0.0302. The van der Waals surface area contributed by atoms with E-state index in [9.17, 15) is 27.6 Å². The largest absolute Gasteiger partial charge is 0.464 e. The molecule has 1 aromatic carbocycles. The summed E-state index contributed by atoms with van der Waals surface area (Å²) in [6.07, 6.45) is -3.12. The molecule has 2 atom stereocenters. The number of carbonyl (C=O) groups excluding carboxylic acids is 3. The third-order valence-corrected chi connectivity index (χ3v) is 5.00. The van der Waals surface area contributed by atoms with E-state index in [0.717, 1.165) is 12.1 Å². The van der Waals surface area contributed by atoms with Gasteiger partial charge in [-0.3, -0.25) is 4.79 Å². The molecule has 0 N–H and O–H groups in total. The highest BCUT2D eigenvalue weighted by Gasteiger charge is 2.48. The number of benzene rings is 1. The van der Waals surface area contributed by atoms with E-state index in [1.807, 2.05) is 0 Å². The number of esters is 1. The second-order valence-electron chi connectivity index (χ2n) is 8.93. The highest BCUT2D eigenvalue weighted by atomic mass is 19.4. The van der Waals surface area contributed by atoms with Crippen LogP contribution in [0.1, 0.15) is 45.4 Å². The van der Waals surface area contributed by atoms with Crippen molar-refractivity contribution in [3.8, 4) is 5.75 Å². The van der Waals surface area contributed by atoms with Gasteiger partial charge in [0, 0.05) is 0 Å². The summed E-state index contributed by atoms with van der Waals surface area (Å²) in [7, 11) is 0. The molecule has 2 aromatic rings. The molecule has 1 aliphatic heterocycles. The molecular weight excluding hydrogens is 483 g/mol. The van der Waals surface area contributed by atoms with Crippen molar-refractivity contribution in [3.05, 3.63) is 60.1 Å². The predicted molar refractivity (Wildman–Crippen MR) is 120 cm³/mol. The van der Waals surface area contributed by atoms with Crippen LogP contribution in [0.4, 0.5) is 18.0 Å². The smallest absolute Gasteiger partial charge is 0.417 e. The SMILES string of the molecule is CCOC(=O)C1CC(/C=C(/Oc2cccc(C(F)(F)F)c2)c2ccco2)C(=O)N1C(=O)OC(C)(C)C. The molecule has 0 spiro atoms. The van der Waals surface area contributed by atoms with E-state index in [0.29, 0.717) is 4.90 Å². The summed E-state index contributed by atoms with van der Waals surface area (Å²) in [4.78, 5) is 39.3. The Morgan fingerprint density at radius 1 is 1.17 bits per heavy atom. The van der Waals surface area contributed by atoms with Gasteiger partial charge in [0.05, 0.1) is 24.4 Å². The molecular formula is C25H26F3NO7. The highest BCUT2D eigenvalue weighted by Crippen LogP contribution is 2.35. The number of nitrogens with zero attached hydrogens (tertiary/aromatic N) is 1. The van der Waals surface area contributed by atoms with Gasteiger partial charge in [-0.15, -0.1) is 0 Å². The van der Waals surface area contributed by atoms with Crippen LogP contribution < -0.4 is 4.74 Å². The standard InChI is InChI=1S/C25H26F3NO7/c1-5-33-22(31)18-12-15(21(30)29(18)23(32)36-24(2,3)4)13-20(19-10-7-11-34-19)35-17-9-6-8-16(14-17)25(26,27)28/h6-11,13-15,18H,5,12H2,1-4H3/b20-13+. The van der Waals surface area contributed by atoms with E-state index in [2.05, 4.69) is 0 Å². The first-order valence-corrected chi connectivity index (χ1v) is 11.1. The van der Waals surface area contributed by atoms with Gasteiger partial charge in [0.2, 0.25) is 5.91 Å². The summed E-state index contributed by atoms with van der Waals surface area (Å²) in [6.45, 7) is 6.45. The molecule has 3 rings (SSSR count). The van der Waals surface area contributed by atoms with Gasteiger partial charge in [-0.2, -0.15) is 13.2 Å². The van der Waals surface area contributed by atoms with Crippen molar-refractivity contribution in [2.75, 3.05) is 6.61 Å². The maximum Gasteiger partial charge on any atom is 0.417 e. The number of furan rings is 1. The summed E-state index contributed by atoms with van der Waals surface area (Å²) in [5.74, 6) is -2.68. The fourth-order valence-corrected chi connectivity index (χ4v) is 3.52. The lowest BCUT2D eigenvalue weighted by Crippen LogP contribution is -2.46. The number of carbonyl (C=O) groups is 3. The van der Waals surface area contributed by atoms with Crippen LogP contribution in [-0.4, -0.2) is 41.1 Å². The van der Waals surface area contributed by atoms with E-state index < -0.39 is 47.3 Å². The monoisotopic (exact) mass is 509 g/mol. The van der Waals surface area contributed by atoms with Gasteiger partial charge in [-0.1, -0.05) is 6.07 Å². The zero-order valence-electron chi connectivity index (χ0n) is 20.1. The number of alkyl halides is 3. The summed E-state index contributed by atoms with van der Waals surface area (Å²) >= 11 is 0. The minimum atomic E-state index is -4.59. The molecule has 2 unspecified atom stereocenters. The van der Waals surface area contributed by atoms with Gasteiger partial charge >= 0.3 is 18.2 Å². The maximum atomic E-state index is 13.2. The average molecular weight is 509 g/mol. The molecule has 1 saturated heterocycles. The molecule has 194 valence electrons. The lowest BCUT2D eigenvalue weighted by molar-refractivity contribution is -0.151. The molecule has 2 heterocycles. The average Bonchev–Trinajstić information content (AvgIpc) is 3.40. The highest BCUT2D eigenvalue weighted by molar-refractivity contribution is 6.01. The van der Waals surface area contributed by atoms with Crippen molar-refractivity contribution in [1.82, 2.24) is 4.90 Å². The molecule has 11 heteroatoms. The molecule has 0 bridgehead atoms. The number of hydrogen-bond donors (Lipinski definition) is 0. The molecule has 0 aliphatic carbocycles. The first-order chi connectivity index (χ1) is 16.8. The van der Waals surface area contributed by atoms with Crippen LogP contribution in [0.5, 0.6) is 5.75 Å². The Labute approximate surface area is 205 Å². The number of halogens is 3. The van der Waals surface area contributed by atoms with Gasteiger partial charge in [0.1, 0.15) is 17.4 Å². The topological polar surface area (TPSA) is 95.3 Å². The Morgan fingerprint density at radius 2 is 1.89 bits per heavy atom. The lowest BCUT2D eigenvalue weighted by atomic mass is 10.0. The van der Waals surface area contributed by atoms with Crippen LogP contribution >= 0.6 is 0 Å². The molecule has 0 saturated carbocycles. The van der Waals surface area contributed by atoms with E-state index >= 15 is 0 Å². The van der Waals surface area contributed by atoms with Gasteiger partial charge in [-0.05, 0) is 70.5 Å². The fraction of sp³-hybridized carbons (Fsp3) is 0.400. The fourth-order valence-electron chi connectivity index (χ4n) is 3.52. The number of imide groups is 1. The Kier molecular flexibility index (Phi) is 7.80. The molecule has 1 fully saturated rings. The molecule has 36 heavy (non-hydrogen) atoms. The molecule has 1 aliphatic rings. The van der Waals surface area contributed by atoms with E-state index in [1.54, 1.807) is 27.7 Å². The van der Waals surface area contributed by atoms with Crippen LogP contribution in [-0.2, 0) is 25.2 Å². The summed E-state index contributed by atoms with van der Waals surface area (Å²) < 4.78 is 60.8. The van der Waals surface area contributed by atoms with Crippen LogP contribution in [0.15, 0.2) is 53.2 Å². The van der Waals surface area contributed by atoms with Crippen LogP contribution in [0.25, 0.3) is 5.76 Å². The van der Waals surface area contributed by atoms with Crippen LogP contribution in [0.2, 0.25) is 0 Å². The number of amides is 2. The van der Waals surface area contributed by atoms with Crippen molar-refractivity contribution in [2.45, 2.75) is 51.9 Å². The van der Waals surface area contributed by atoms with E-state index in [1.165, 1.54) is 36.6 Å².